The number of hydrogen-bond acceptors (Lipinski definition) is 6. The van der Waals surface area contributed by atoms with Crippen molar-refractivity contribution in [3.05, 3.63) is 12.7 Å². The number of nitrogens with zero attached hydrogens (tertiary/aromatic N) is 2. The van der Waals surface area contributed by atoms with Gasteiger partial charge in [0.25, 0.3) is 0 Å². The summed E-state index contributed by atoms with van der Waals surface area (Å²) in [7, 11) is 0. The van der Waals surface area contributed by atoms with E-state index in [4.69, 9.17) is 0 Å². The van der Waals surface area contributed by atoms with Gasteiger partial charge in [-0.2, -0.15) is 0 Å². The van der Waals surface area contributed by atoms with E-state index in [0.717, 1.165) is 42.2 Å². The van der Waals surface area contributed by atoms with Crippen molar-refractivity contribution in [1.29, 1.82) is 0 Å². The quantitative estimate of drug-likeness (QED) is 0.441. The first-order valence-electron chi connectivity index (χ1n) is 9.09. The molecule has 0 spiro atoms. The van der Waals surface area contributed by atoms with Crippen LogP contribution >= 0.6 is 23.1 Å². The van der Waals surface area contributed by atoms with Crippen LogP contribution in [-0.2, 0) is 9.59 Å². The molecular weight excluding hydrogens is 368 g/mol. The van der Waals surface area contributed by atoms with E-state index in [-0.39, 0.29) is 22.8 Å². The number of anilines is 1. The molecule has 1 aromatic rings. The topological polar surface area (TPSA) is 84.0 Å². The van der Waals surface area contributed by atoms with Crippen LogP contribution < -0.4 is 10.6 Å². The third kappa shape index (κ3) is 3.29. The third-order valence-corrected chi connectivity index (χ3v) is 7.90. The SMILES string of the molecule is C=CCSc1nnc(NC(=O)C23C[C@@H]4C[C@H](CC(NC(C)=O)(C4)C2)C3)s1. The lowest BCUT2D eigenvalue weighted by molar-refractivity contribution is -0.148. The van der Waals surface area contributed by atoms with Gasteiger partial charge in [0.1, 0.15) is 0 Å². The zero-order valence-corrected chi connectivity index (χ0v) is 16.5. The molecule has 2 amide bonds. The van der Waals surface area contributed by atoms with E-state index in [1.807, 2.05) is 6.08 Å². The average molecular weight is 393 g/mol. The third-order valence-electron chi connectivity index (χ3n) is 5.94. The van der Waals surface area contributed by atoms with Gasteiger partial charge in [-0.1, -0.05) is 29.2 Å². The Hall–Kier alpha value is -1.41. The zero-order chi connectivity index (χ0) is 18.4. The van der Waals surface area contributed by atoms with Crippen molar-refractivity contribution in [2.24, 2.45) is 17.3 Å². The van der Waals surface area contributed by atoms with Crippen molar-refractivity contribution in [2.45, 2.75) is 55.3 Å². The maximum atomic E-state index is 13.2. The number of amides is 2. The van der Waals surface area contributed by atoms with E-state index in [1.54, 1.807) is 18.7 Å². The van der Waals surface area contributed by atoms with Gasteiger partial charge in [-0.05, 0) is 50.4 Å². The number of rotatable bonds is 6. The zero-order valence-electron chi connectivity index (χ0n) is 14.9. The summed E-state index contributed by atoms with van der Waals surface area (Å²) in [4.78, 5) is 25.0. The fourth-order valence-corrected chi connectivity index (χ4v) is 7.23. The molecule has 26 heavy (non-hydrogen) atoms. The molecule has 0 saturated heterocycles. The molecule has 4 aliphatic rings. The van der Waals surface area contributed by atoms with Gasteiger partial charge in [0, 0.05) is 18.2 Å². The van der Waals surface area contributed by atoms with Gasteiger partial charge in [0.2, 0.25) is 16.9 Å². The van der Waals surface area contributed by atoms with E-state index in [0.29, 0.717) is 17.0 Å². The smallest absolute Gasteiger partial charge is 0.232 e. The summed E-state index contributed by atoms with van der Waals surface area (Å²) in [6.07, 6.45) is 7.63. The van der Waals surface area contributed by atoms with Crippen LogP contribution in [0.15, 0.2) is 17.0 Å². The molecule has 2 N–H and O–H groups in total. The summed E-state index contributed by atoms with van der Waals surface area (Å²) in [6, 6.07) is 0. The second-order valence-corrected chi connectivity index (χ2v) is 10.4. The van der Waals surface area contributed by atoms with E-state index < -0.39 is 0 Å². The van der Waals surface area contributed by atoms with Crippen LogP contribution in [0.4, 0.5) is 5.13 Å². The van der Waals surface area contributed by atoms with Crippen LogP contribution in [-0.4, -0.2) is 33.3 Å². The summed E-state index contributed by atoms with van der Waals surface area (Å²) in [5, 5.41) is 15.0. The molecule has 0 unspecified atom stereocenters. The lowest BCUT2D eigenvalue weighted by atomic mass is 9.46. The molecular formula is C18H24N4O2S2. The van der Waals surface area contributed by atoms with Crippen molar-refractivity contribution in [1.82, 2.24) is 15.5 Å². The number of carbonyl (C=O) groups is 2. The van der Waals surface area contributed by atoms with Crippen molar-refractivity contribution in [3.63, 3.8) is 0 Å². The minimum Gasteiger partial charge on any atom is -0.351 e. The summed E-state index contributed by atoms with van der Waals surface area (Å²) in [5.41, 5.74) is -0.577. The number of aromatic nitrogens is 2. The largest absolute Gasteiger partial charge is 0.351 e. The minimum atomic E-state index is -0.382. The molecule has 4 fully saturated rings. The van der Waals surface area contributed by atoms with Gasteiger partial charge in [0.15, 0.2) is 4.34 Å². The lowest BCUT2D eigenvalue weighted by Crippen LogP contribution is -2.65. The first kappa shape index (κ1) is 18.0. The van der Waals surface area contributed by atoms with Crippen LogP contribution in [0.1, 0.15) is 45.4 Å². The Morgan fingerprint density at radius 1 is 1.31 bits per heavy atom. The summed E-state index contributed by atoms with van der Waals surface area (Å²) < 4.78 is 0.834. The molecule has 0 radical (unpaired) electrons. The van der Waals surface area contributed by atoms with Gasteiger partial charge in [-0.3, -0.25) is 9.59 Å². The van der Waals surface area contributed by atoms with E-state index in [9.17, 15) is 9.59 Å². The second-order valence-electron chi connectivity index (χ2n) is 8.13. The minimum absolute atomic E-state index is 0.00974. The molecule has 1 aromatic heterocycles. The molecule has 5 rings (SSSR count). The Labute approximate surface area is 161 Å². The Kier molecular flexibility index (Phi) is 4.59. The standard InChI is InChI=1S/C18H24N4O2S2/c1-3-4-25-16-22-21-15(26-16)19-14(24)17-6-12-5-13(7-17)9-18(8-12,10-17)20-11(2)23/h3,12-13H,1,4-10H2,2H3,(H,20,23)(H,19,21,24)/t12-,13-,17?,18?/m0/s1. The van der Waals surface area contributed by atoms with Crippen LogP contribution in [0, 0.1) is 17.3 Å². The highest BCUT2D eigenvalue weighted by molar-refractivity contribution is 8.01. The lowest BCUT2D eigenvalue weighted by Gasteiger charge is -2.61. The maximum absolute atomic E-state index is 13.2. The fourth-order valence-electron chi connectivity index (χ4n) is 5.73. The first-order chi connectivity index (χ1) is 12.4. The molecule has 2 atom stereocenters. The van der Waals surface area contributed by atoms with Crippen LogP contribution in [0.25, 0.3) is 0 Å². The Morgan fingerprint density at radius 2 is 2.04 bits per heavy atom. The van der Waals surface area contributed by atoms with Gasteiger partial charge >= 0.3 is 0 Å². The fraction of sp³-hybridized carbons (Fsp3) is 0.667. The normalized spacial score (nSPS) is 34.5. The molecule has 4 saturated carbocycles. The highest BCUT2D eigenvalue weighted by Crippen LogP contribution is 2.61. The first-order valence-corrected chi connectivity index (χ1v) is 10.9. The Morgan fingerprint density at radius 3 is 2.69 bits per heavy atom. The second kappa shape index (κ2) is 6.64. The number of nitrogens with one attached hydrogen (secondary N) is 2. The molecule has 6 nitrogen and oxygen atoms in total. The van der Waals surface area contributed by atoms with Crippen molar-refractivity contribution >= 4 is 40.0 Å². The molecule has 140 valence electrons. The van der Waals surface area contributed by atoms with Gasteiger partial charge in [-0.15, -0.1) is 16.8 Å². The molecule has 0 aliphatic heterocycles. The number of thioether (sulfide) groups is 1. The van der Waals surface area contributed by atoms with Crippen molar-refractivity contribution in [3.8, 4) is 0 Å². The number of carbonyl (C=O) groups excluding carboxylic acids is 2. The van der Waals surface area contributed by atoms with Gasteiger partial charge in [0.05, 0.1) is 5.41 Å². The summed E-state index contributed by atoms with van der Waals surface area (Å²) >= 11 is 2.97. The molecule has 8 heteroatoms. The van der Waals surface area contributed by atoms with Crippen molar-refractivity contribution in [2.75, 3.05) is 11.1 Å². The molecule has 0 aromatic carbocycles. The average Bonchev–Trinajstić information content (AvgIpc) is 2.97. The highest BCUT2D eigenvalue weighted by atomic mass is 32.2. The summed E-state index contributed by atoms with van der Waals surface area (Å²) in [5.74, 6) is 1.90. The Bertz CT molecular complexity index is 733. The van der Waals surface area contributed by atoms with Crippen LogP contribution in [0.2, 0.25) is 0 Å². The molecule has 4 bridgehead atoms. The predicted octanol–water partition coefficient (Wildman–Crippen LogP) is 3.23. The summed E-state index contributed by atoms with van der Waals surface area (Å²) in [6.45, 7) is 5.28. The molecule has 4 aliphatic carbocycles. The highest BCUT2D eigenvalue weighted by Gasteiger charge is 2.60. The van der Waals surface area contributed by atoms with Gasteiger partial charge in [-0.25, -0.2) is 0 Å². The van der Waals surface area contributed by atoms with E-state index in [1.165, 1.54) is 17.8 Å². The predicted molar refractivity (Wildman–Crippen MR) is 103 cm³/mol. The van der Waals surface area contributed by atoms with E-state index in [2.05, 4.69) is 27.4 Å². The Balaban J connectivity index is 1.51. The van der Waals surface area contributed by atoms with E-state index >= 15 is 0 Å². The maximum Gasteiger partial charge on any atom is 0.232 e. The molecule has 1 heterocycles. The van der Waals surface area contributed by atoms with Crippen LogP contribution in [0.5, 0.6) is 0 Å². The monoisotopic (exact) mass is 392 g/mol. The number of hydrogen-bond donors (Lipinski definition) is 2. The van der Waals surface area contributed by atoms with Crippen molar-refractivity contribution < 1.29 is 9.59 Å². The van der Waals surface area contributed by atoms with Crippen LogP contribution in [0.3, 0.4) is 0 Å². The van der Waals surface area contributed by atoms with Gasteiger partial charge < -0.3 is 10.6 Å².